The summed E-state index contributed by atoms with van der Waals surface area (Å²) in [4.78, 5) is 44.1. The first-order valence-electron chi connectivity index (χ1n) is 13.0. The molecule has 0 atom stereocenters. The molecule has 2 fully saturated rings. The highest BCUT2D eigenvalue weighted by Crippen LogP contribution is 2.33. The molecule has 2 N–H and O–H groups in total. The number of piperidine rings is 1. The van der Waals surface area contributed by atoms with E-state index < -0.39 is 5.60 Å². The molecule has 6 rings (SSSR count). The normalized spacial score (nSPS) is 16.9. The number of rotatable bonds is 7. The minimum Gasteiger partial charge on any atom is -0.388 e. The monoisotopic (exact) mass is 531 g/mol. The standard InChI is InChI=1S/C27H29N7O5/c1-17-12-21(39-31-17)13-23(35)30-19-4-6-20(7-5-19)34-24-22(14-29-34)26(37)33(16-28-24)15-27(38)8-10-32(11-9-27)25(36)18-2-3-18/h4-7,12,14,16,18,38H,2-3,8-11,13,15H2,1H3,(H,30,35). The number of benzene rings is 1. The van der Waals surface area contributed by atoms with Gasteiger partial charge in [-0.05, 0) is 56.9 Å². The van der Waals surface area contributed by atoms with Crippen LogP contribution < -0.4 is 10.9 Å². The summed E-state index contributed by atoms with van der Waals surface area (Å²) in [7, 11) is 0. The summed E-state index contributed by atoms with van der Waals surface area (Å²) in [5.74, 6) is 0.600. The molecule has 4 heterocycles. The second-order valence-electron chi connectivity index (χ2n) is 10.5. The lowest BCUT2D eigenvalue weighted by molar-refractivity contribution is -0.137. The van der Waals surface area contributed by atoms with Crippen molar-refractivity contribution in [3.05, 3.63) is 64.7 Å². The van der Waals surface area contributed by atoms with Crippen LogP contribution in [0.1, 0.15) is 37.1 Å². The van der Waals surface area contributed by atoms with E-state index >= 15 is 0 Å². The zero-order valence-corrected chi connectivity index (χ0v) is 21.5. The van der Waals surface area contributed by atoms with Crippen LogP contribution in [-0.2, 0) is 22.6 Å². The molecule has 0 spiro atoms. The molecule has 0 radical (unpaired) electrons. The SMILES string of the molecule is Cc1cc(CC(=O)Nc2ccc(-n3ncc4c(=O)n(CC5(O)CCN(C(=O)C6CC6)CC5)cnc43)cc2)on1. The quantitative estimate of drug-likeness (QED) is 0.367. The summed E-state index contributed by atoms with van der Waals surface area (Å²) in [6.45, 7) is 2.88. The van der Waals surface area contributed by atoms with Gasteiger partial charge in [0.25, 0.3) is 5.56 Å². The number of aliphatic hydroxyl groups is 1. The lowest BCUT2D eigenvalue weighted by Crippen LogP contribution is -2.50. The molecule has 1 saturated heterocycles. The van der Waals surface area contributed by atoms with Crippen LogP contribution in [-0.4, -0.2) is 65.0 Å². The van der Waals surface area contributed by atoms with E-state index in [0.29, 0.717) is 59.8 Å². The molecule has 12 heteroatoms. The molecular weight excluding hydrogens is 502 g/mol. The molecule has 1 aliphatic heterocycles. The largest absolute Gasteiger partial charge is 0.388 e. The molecule has 39 heavy (non-hydrogen) atoms. The van der Waals surface area contributed by atoms with Crippen LogP contribution in [0.4, 0.5) is 5.69 Å². The van der Waals surface area contributed by atoms with Crippen molar-refractivity contribution < 1.29 is 19.2 Å². The van der Waals surface area contributed by atoms with Gasteiger partial charge in [-0.1, -0.05) is 5.16 Å². The number of nitrogens with one attached hydrogen (secondary N) is 1. The number of fused-ring (bicyclic) bond motifs is 1. The molecule has 1 saturated carbocycles. The zero-order chi connectivity index (χ0) is 27.1. The number of nitrogens with zero attached hydrogens (tertiary/aromatic N) is 6. The number of aryl methyl sites for hydroxylation is 1. The van der Waals surface area contributed by atoms with Crippen molar-refractivity contribution in [2.75, 3.05) is 18.4 Å². The number of carbonyl (C=O) groups excluding carboxylic acids is 2. The van der Waals surface area contributed by atoms with Crippen molar-refractivity contribution in [2.45, 2.75) is 51.2 Å². The van der Waals surface area contributed by atoms with Crippen LogP contribution in [0.5, 0.6) is 0 Å². The number of likely N-dealkylation sites (tertiary alicyclic amines) is 1. The fourth-order valence-corrected chi connectivity index (χ4v) is 5.01. The summed E-state index contributed by atoms with van der Waals surface area (Å²) in [6.07, 6.45) is 5.72. The lowest BCUT2D eigenvalue weighted by atomic mass is 9.91. The lowest BCUT2D eigenvalue weighted by Gasteiger charge is -2.38. The second kappa shape index (κ2) is 9.77. The number of amides is 2. The van der Waals surface area contributed by atoms with Crippen LogP contribution in [0.3, 0.4) is 0 Å². The topological polar surface area (TPSA) is 148 Å². The Bertz CT molecular complexity index is 1590. The second-order valence-corrected chi connectivity index (χ2v) is 10.5. The van der Waals surface area contributed by atoms with Gasteiger partial charge < -0.3 is 19.8 Å². The summed E-state index contributed by atoms with van der Waals surface area (Å²) in [5, 5.41) is 22.4. The van der Waals surface area contributed by atoms with Crippen LogP contribution in [0.2, 0.25) is 0 Å². The Balaban J connectivity index is 1.13. The Morgan fingerprint density at radius 1 is 1.18 bits per heavy atom. The first-order chi connectivity index (χ1) is 18.8. The maximum atomic E-state index is 13.2. The van der Waals surface area contributed by atoms with Crippen molar-refractivity contribution in [1.29, 1.82) is 0 Å². The summed E-state index contributed by atoms with van der Waals surface area (Å²) in [6, 6.07) is 8.74. The van der Waals surface area contributed by atoms with Crippen LogP contribution in [0.15, 0.2) is 52.2 Å². The first-order valence-corrected chi connectivity index (χ1v) is 13.0. The molecule has 0 unspecified atom stereocenters. The van der Waals surface area contributed by atoms with E-state index in [1.54, 1.807) is 41.9 Å². The Morgan fingerprint density at radius 3 is 2.59 bits per heavy atom. The van der Waals surface area contributed by atoms with Crippen LogP contribution >= 0.6 is 0 Å². The molecule has 2 aliphatic rings. The van der Waals surface area contributed by atoms with Crippen molar-refractivity contribution >= 4 is 28.5 Å². The highest BCUT2D eigenvalue weighted by molar-refractivity contribution is 5.92. The van der Waals surface area contributed by atoms with E-state index in [4.69, 9.17) is 4.52 Å². The molecule has 4 aromatic rings. The third-order valence-corrected chi connectivity index (χ3v) is 7.36. The minimum atomic E-state index is -1.08. The van der Waals surface area contributed by atoms with E-state index in [-0.39, 0.29) is 36.3 Å². The molecule has 0 bridgehead atoms. The third kappa shape index (κ3) is 5.19. The minimum absolute atomic E-state index is 0.0779. The van der Waals surface area contributed by atoms with Gasteiger partial charge in [0.1, 0.15) is 17.5 Å². The Morgan fingerprint density at radius 2 is 1.92 bits per heavy atom. The van der Waals surface area contributed by atoms with Crippen LogP contribution in [0.25, 0.3) is 16.7 Å². The third-order valence-electron chi connectivity index (χ3n) is 7.36. The van der Waals surface area contributed by atoms with E-state index in [1.807, 2.05) is 4.90 Å². The van der Waals surface area contributed by atoms with Crippen LogP contribution in [0, 0.1) is 12.8 Å². The van der Waals surface area contributed by atoms with E-state index in [9.17, 15) is 19.5 Å². The van der Waals surface area contributed by atoms with Crippen molar-refractivity contribution in [3.8, 4) is 5.69 Å². The van der Waals surface area contributed by atoms with E-state index in [1.165, 1.54) is 17.1 Å². The van der Waals surface area contributed by atoms with Gasteiger partial charge in [-0.2, -0.15) is 5.10 Å². The van der Waals surface area contributed by atoms with Gasteiger partial charge in [0, 0.05) is 30.8 Å². The van der Waals surface area contributed by atoms with Crippen molar-refractivity contribution in [2.24, 2.45) is 5.92 Å². The van der Waals surface area contributed by atoms with Gasteiger partial charge in [-0.15, -0.1) is 0 Å². The molecule has 12 nitrogen and oxygen atoms in total. The van der Waals surface area contributed by atoms with Gasteiger partial charge in [0.15, 0.2) is 5.65 Å². The first kappa shape index (κ1) is 25.0. The van der Waals surface area contributed by atoms with E-state index in [2.05, 4.69) is 20.6 Å². The average Bonchev–Trinajstić information content (AvgIpc) is 3.56. The molecule has 3 aromatic heterocycles. The van der Waals surface area contributed by atoms with Gasteiger partial charge in [0.2, 0.25) is 11.8 Å². The molecular formula is C27H29N7O5. The molecule has 1 aromatic carbocycles. The zero-order valence-electron chi connectivity index (χ0n) is 21.5. The number of aromatic nitrogens is 5. The Hall–Kier alpha value is -4.32. The smallest absolute Gasteiger partial charge is 0.264 e. The van der Waals surface area contributed by atoms with Crippen molar-refractivity contribution in [3.63, 3.8) is 0 Å². The average molecular weight is 532 g/mol. The van der Waals surface area contributed by atoms with Gasteiger partial charge >= 0.3 is 0 Å². The van der Waals surface area contributed by atoms with Gasteiger partial charge in [0.05, 0.1) is 36.1 Å². The Kier molecular flexibility index (Phi) is 6.26. The number of carbonyl (C=O) groups is 2. The predicted octanol–water partition coefficient (Wildman–Crippen LogP) is 1.82. The Labute approximate surface area is 223 Å². The number of hydrogen-bond donors (Lipinski definition) is 2. The number of anilines is 1. The highest BCUT2D eigenvalue weighted by Gasteiger charge is 2.39. The van der Waals surface area contributed by atoms with Gasteiger partial charge in [-0.25, -0.2) is 9.67 Å². The predicted molar refractivity (Wildman–Crippen MR) is 140 cm³/mol. The maximum absolute atomic E-state index is 13.2. The number of hydrogen-bond acceptors (Lipinski definition) is 8. The summed E-state index contributed by atoms with van der Waals surface area (Å²) >= 11 is 0. The van der Waals surface area contributed by atoms with E-state index in [0.717, 1.165) is 12.8 Å². The molecule has 1 aliphatic carbocycles. The van der Waals surface area contributed by atoms with Crippen molar-refractivity contribution in [1.82, 2.24) is 29.4 Å². The fraction of sp³-hybridized carbons (Fsp3) is 0.407. The van der Waals surface area contributed by atoms with Gasteiger partial charge in [-0.3, -0.25) is 19.0 Å². The summed E-state index contributed by atoms with van der Waals surface area (Å²) < 4.78 is 8.06. The highest BCUT2D eigenvalue weighted by atomic mass is 16.5. The fourth-order valence-electron chi connectivity index (χ4n) is 5.01. The molecule has 202 valence electrons. The summed E-state index contributed by atoms with van der Waals surface area (Å²) in [5.41, 5.74) is 1.01. The molecule has 2 amide bonds. The maximum Gasteiger partial charge on any atom is 0.264 e.